The third kappa shape index (κ3) is 4.69. The van der Waals surface area contributed by atoms with Crippen LogP contribution in [-0.2, 0) is 17.1 Å². The highest BCUT2D eigenvalue weighted by molar-refractivity contribution is 7.89. The first-order valence-electron chi connectivity index (χ1n) is 8.96. The monoisotopic (exact) mass is 393 g/mol. The molecule has 1 aliphatic carbocycles. The zero-order chi connectivity index (χ0) is 19.4. The quantitative estimate of drug-likeness (QED) is 0.749. The van der Waals surface area contributed by atoms with Crippen LogP contribution < -0.4 is 16.0 Å². The van der Waals surface area contributed by atoms with Gasteiger partial charge in [-0.05, 0) is 18.4 Å². The number of sulfonamides is 1. The van der Waals surface area contributed by atoms with Crippen LogP contribution in [0.4, 0.5) is 0 Å². The van der Waals surface area contributed by atoms with Gasteiger partial charge in [-0.3, -0.25) is 9.78 Å². The van der Waals surface area contributed by atoms with Crippen LogP contribution in [0.3, 0.4) is 0 Å². The Morgan fingerprint density at radius 2 is 1.89 bits per heavy atom. The Balaban J connectivity index is 1.92. The van der Waals surface area contributed by atoms with E-state index in [0.29, 0.717) is 18.2 Å². The van der Waals surface area contributed by atoms with E-state index >= 15 is 0 Å². The topological polar surface area (TPSA) is 127 Å². The number of aryl methyl sites for hydroxylation is 1. The Labute approximate surface area is 156 Å². The Morgan fingerprint density at radius 1 is 1.22 bits per heavy atom. The van der Waals surface area contributed by atoms with Gasteiger partial charge >= 0.3 is 5.69 Å². The lowest BCUT2D eigenvalue weighted by Crippen LogP contribution is -2.38. The van der Waals surface area contributed by atoms with Crippen molar-refractivity contribution in [3.05, 3.63) is 51.3 Å². The summed E-state index contributed by atoms with van der Waals surface area (Å²) in [6.45, 7) is 0. The van der Waals surface area contributed by atoms with Gasteiger partial charge in [0.15, 0.2) is 4.90 Å². The Kier molecular flexibility index (Phi) is 5.85. The molecule has 0 spiro atoms. The minimum absolute atomic E-state index is 0.368. The number of aromatic amines is 1. The second-order valence-corrected chi connectivity index (χ2v) is 8.57. The third-order valence-corrected chi connectivity index (χ3v) is 6.32. The lowest BCUT2D eigenvalue weighted by Gasteiger charge is -2.26. The van der Waals surface area contributed by atoms with Crippen molar-refractivity contribution >= 4 is 10.0 Å². The molecule has 2 N–H and O–H groups in total. The van der Waals surface area contributed by atoms with Crippen LogP contribution in [0.15, 0.2) is 39.1 Å². The van der Waals surface area contributed by atoms with Crippen LogP contribution in [0.25, 0.3) is 0 Å². The molecular formula is C17H23N5O4S. The molecule has 27 heavy (non-hydrogen) atoms. The number of nitrogens with one attached hydrogen (secondary N) is 2. The molecule has 10 heteroatoms. The highest BCUT2D eigenvalue weighted by atomic mass is 32.2. The van der Waals surface area contributed by atoms with Gasteiger partial charge in [-0.2, -0.15) is 0 Å². The zero-order valence-corrected chi connectivity index (χ0v) is 15.9. The largest absolute Gasteiger partial charge is 0.328 e. The Bertz CT molecular complexity index is 994. The SMILES string of the molecule is Cn1cc(S(=O)(=O)NC(CC2CCCCC2)c2ncccn2)c(=O)[nH]c1=O. The summed E-state index contributed by atoms with van der Waals surface area (Å²) in [6, 6.07) is 1.02. The number of nitrogens with zero attached hydrogens (tertiary/aromatic N) is 3. The predicted molar refractivity (Wildman–Crippen MR) is 98.6 cm³/mol. The van der Waals surface area contributed by atoms with Crippen LogP contribution in [0, 0.1) is 5.92 Å². The number of rotatable bonds is 6. The maximum atomic E-state index is 12.8. The highest BCUT2D eigenvalue weighted by Gasteiger charge is 2.29. The molecule has 1 fully saturated rings. The van der Waals surface area contributed by atoms with Gasteiger partial charge < -0.3 is 4.57 Å². The fourth-order valence-electron chi connectivity index (χ4n) is 3.44. The van der Waals surface area contributed by atoms with E-state index in [-0.39, 0.29) is 0 Å². The van der Waals surface area contributed by atoms with Gasteiger partial charge in [0.2, 0.25) is 10.0 Å². The predicted octanol–water partition coefficient (Wildman–Crippen LogP) is 0.854. The summed E-state index contributed by atoms with van der Waals surface area (Å²) in [5.41, 5.74) is -1.62. The van der Waals surface area contributed by atoms with Crippen LogP contribution in [-0.4, -0.2) is 27.9 Å². The second kappa shape index (κ2) is 8.13. The summed E-state index contributed by atoms with van der Waals surface area (Å²) in [4.78, 5) is 33.4. The molecule has 3 rings (SSSR count). The summed E-state index contributed by atoms with van der Waals surface area (Å²) in [7, 11) is -2.79. The average Bonchev–Trinajstić information content (AvgIpc) is 2.65. The molecule has 1 saturated carbocycles. The number of H-pyrrole nitrogens is 1. The third-order valence-electron chi connectivity index (χ3n) is 4.85. The van der Waals surface area contributed by atoms with E-state index in [1.165, 1.54) is 13.5 Å². The molecule has 2 aromatic rings. The van der Waals surface area contributed by atoms with Gasteiger partial charge in [-0.15, -0.1) is 0 Å². The molecule has 2 heterocycles. The summed E-state index contributed by atoms with van der Waals surface area (Å²) < 4.78 is 29.3. The van der Waals surface area contributed by atoms with E-state index in [9.17, 15) is 18.0 Å². The molecule has 0 bridgehead atoms. The van der Waals surface area contributed by atoms with E-state index in [0.717, 1.165) is 36.4 Å². The van der Waals surface area contributed by atoms with Gasteiger partial charge in [0, 0.05) is 25.6 Å². The Hall–Kier alpha value is -2.33. The van der Waals surface area contributed by atoms with E-state index in [1.807, 2.05) is 4.98 Å². The minimum atomic E-state index is -4.16. The number of aromatic nitrogens is 4. The molecule has 1 unspecified atom stereocenters. The van der Waals surface area contributed by atoms with Crippen molar-refractivity contribution in [2.24, 2.45) is 13.0 Å². The summed E-state index contributed by atoms with van der Waals surface area (Å²) in [5.74, 6) is 0.738. The van der Waals surface area contributed by atoms with Gasteiger partial charge in [-0.25, -0.2) is 27.9 Å². The van der Waals surface area contributed by atoms with Crippen molar-refractivity contribution in [3.8, 4) is 0 Å². The first-order chi connectivity index (χ1) is 12.9. The lowest BCUT2D eigenvalue weighted by atomic mass is 9.85. The molecule has 0 aliphatic heterocycles. The molecule has 1 aliphatic rings. The molecule has 0 amide bonds. The maximum Gasteiger partial charge on any atom is 0.328 e. The molecule has 0 aromatic carbocycles. The maximum absolute atomic E-state index is 12.8. The van der Waals surface area contributed by atoms with Crippen LogP contribution >= 0.6 is 0 Å². The van der Waals surface area contributed by atoms with E-state index < -0.39 is 32.2 Å². The fourth-order valence-corrected chi connectivity index (χ4v) is 4.73. The first kappa shape index (κ1) is 19.4. The summed E-state index contributed by atoms with van der Waals surface area (Å²) in [5, 5.41) is 0. The molecule has 2 aromatic heterocycles. The van der Waals surface area contributed by atoms with Crippen molar-refractivity contribution < 1.29 is 8.42 Å². The van der Waals surface area contributed by atoms with Crippen molar-refractivity contribution in [1.29, 1.82) is 0 Å². The van der Waals surface area contributed by atoms with Crippen molar-refractivity contribution in [2.45, 2.75) is 49.5 Å². The highest BCUT2D eigenvalue weighted by Crippen LogP contribution is 2.31. The van der Waals surface area contributed by atoms with Crippen LogP contribution in [0.1, 0.15) is 50.4 Å². The van der Waals surface area contributed by atoms with E-state index in [4.69, 9.17) is 0 Å². The van der Waals surface area contributed by atoms with E-state index in [2.05, 4.69) is 14.7 Å². The average molecular weight is 393 g/mol. The van der Waals surface area contributed by atoms with Gasteiger partial charge in [0.05, 0.1) is 6.04 Å². The lowest BCUT2D eigenvalue weighted by molar-refractivity contribution is 0.308. The van der Waals surface area contributed by atoms with Gasteiger partial charge in [0.25, 0.3) is 5.56 Å². The number of hydrogen-bond donors (Lipinski definition) is 2. The smallest absolute Gasteiger partial charge is 0.302 e. The zero-order valence-electron chi connectivity index (χ0n) is 15.1. The van der Waals surface area contributed by atoms with Crippen molar-refractivity contribution in [2.75, 3.05) is 0 Å². The molecule has 9 nitrogen and oxygen atoms in total. The van der Waals surface area contributed by atoms with Crippen molar-refractivity contribution in [3.63, 3.8) is 0 Å². The van der Waals surface area contributed by atoms with Crippen molar-refractivity contribution in [1.82, 2.24) is 24.2 Å². The fraction of sp³-hybridized carbons (Fsp3) is 0.529. The summed E-state index contributed by atoms with van der Waals surface area (Å²) >= 11 is 0. The minimum Gasteiger partial charge on any atom is -0.302 e. The Morgan fingerprint density at radius 3 is 2.56 bits per heavy atom. The standard InChI is InChI=1S/C17H23N5O4S/c1-22-11-14(16(23)20-17(22)24)27(25,26)21-13(15-18-8-5-9-19-15)10-12-6-3-2-4-7-12/h5,8-9,11-13,21H,2-4,6-7,10H2,1H3,(H,20,23,24). The normalized spacial score (nSPS) is 16.9. The van der Waals surface area contributed by atoms with E-state index in [1.54, 1.807) is 18.5 Å². The summed E-state index contributed by atoms with van der Waals surface area (Å²) in [6.07, 6.45) is 10.2. The first-order valence-corrected chi connectivity index (χ1v) is 10.4. The molecule has 146 valence electrons. The number of hydrogen-bond acceptors (Lipinski definition) is 6. The molecule has 1 atom stereocenters. The molecule has 0 saturated heterocycles. The van der Waals surface area contributed by atoms with Crippen LogP contribution in [0.2, 0.25) is 0 Å². The van der Waals surface area contributed by atoms with Gasteiger partial charge in [-0.1, -0.05) is 32.1 Å². The molecule has 0 radical (unpaired) electrons. The van der Waals surface area contributed by atoms with Gasteiger partial charge in [0.1, 0.15) is 5.82 Å². The second-order valence-electron chi connectivity index (χ2n) is 6.88. The van der Waals surface area contributed by atoms with Crippen LogP contribution in [0.5, 0.6) is 0 Å². The molecular weight excluding hydrogens is 370 g/mol.